The van der Waals surface area contributed by atoms with Gasteiger partial charge in [0.05, 0.1) is 22.7 Å². The Bertz CT molecular complexity index is 726. The molecule has 2 amide bonds. The second-order valence-corrected chi connectivity index (χ2v) is 7.41. The molecule has 5 nitrogen and oxygen atoms in total. The van der Waals surface area contributed by atoms with Crippen LogP contribution in [0, 0.1) is 0 Å². The maximum atomic E-state index is 12.5. The number of amides is 2. The number of rotatable bonds is 8. The van der Waals surface area contributed by atoms with E-state index < -0.39 is 0 Å². The largest absolute Gasteiger partial charge is 0.349 e. The summed E-state index contributed by atoms with van der Waals surface area (Å²) < 4.78 is 0. The highest BCUT2D eigenvalue weighted by atomic mass is 32.1. The molecular weight excluding hydrogens is 334 g/mol. The van der Waals surface area contributed by atoms with Crippen molar-refractivity contribution >= 4 is 28.8 Å². The molecule has 1 unspecified atom stereocenters. The zero-order chi connectivity index (χ0) is 17.6. The van der Waals surface area contributed by atoms with Crippen LogP contribution in [0.1, 0.15) is 35.0 Å². The molecule has 3 rings (SSSR count). The number of anilines is 1. The molecule has 1 aromatic carbocycles. The Hall–Kier alpha value is -2.18. The van der Waals surface area contributed by atoms with Crippen LogP contribution in [0.15, 0.2) is 41.8 Å². The molecular formula is C19H24N3O2S+. The van der Waals surface area contributed by atoms with E-state index in [0.29, 0.717) is 23.8 Å². The van der Waals surface area contributed by atoms with Crippen molar-refractivity contribution < 1.29 is 14.5 Å². The maximum absolute atomic E-state index is 12.5. The van der Waals surface area contributed by atoms with E-state index in [1.165, 1.54) is 9.78 Å². The average molecular weight is 358 g/mol. The van der Waals surface area contributed by atoms with Crippen molar-refractivity contribution in [3.8, 4) is 0 Å². The van der Waals surface area contributed by atoms with E-state index in [4.69, 9.17) is 0 Å². The highest BCUT2D eigenvalue weighted by molar-refractivity contribution is 7.09. The van der Waals surface area contributed by atoms with Crippen molar-refractivity contribution in [1.82, 2.24) is 5.32 Å². The first kappa shape index (κ1) is 17.6. The Morgan fingerprint density at radius 1 is 1.20 bits per heavy atom. The number of nitrogens with one attached hydrogen (secondary N) is 3. The van der Waals surface area contributed by atoms with Crippen molar-refractivity contribution in [2.24, 2.45) is 0 Å². The minimum Gasteiger partial charge on any atom is -0.349 e. The van der Waals surface area contributed by atoms with Gasteiger partial charge in [0, 0.05) is 6.04 Å². The lowest BCUT2D eigenvalue weighted by Gasteiger charge is -2.17. The van der Waals surface area contributed by atoms with Crippen LogP contribution in [-0.4, -0.2) is 30.9 Å². The summed E-state index contributed by atoms with van der Waals surface area (Å²) in [7, 11) is 0. The molecule has 1 fully saturated rings. The molecule has 1 saturated carbocycles. The molecule has 0 radical (unpaired) electrons. The van der Waals surface area contributed by atoms with Crippen LogP contribution in [-0.2, 0) is 11.3 Å². The van der Waals surface area contributed by atoms with Crippen molar-refractivity contribution in [2.45, 2.75) is 32.4 Å². The zero-order valence-corrected chi connectivity index (χ0v) is 15.2. The van der Waals surface area contributed by atoms with Crippen LogP contribution in [0.3, 0.4) is 0 Å². The lowest BCUT2D eigenvalue weighted by molar-refractivity contribution is -0.903. The number of thiophene rings is 1. The minimum atomic E-state index is -0.114. The molecule has 1 atom stereocenters. The topological polar surface area (TPSA) is 62.6 Å². The monoisotopic (exact) mass is 358 g/mol. The summed E-state index contributed by atoms with van der Waals surface area (Å²) in [5.74, 6) is -0.184. The molecule has 132 valence electrons. The number of quaternary nitrogens is 1. The summed E-state index contributed by atoms with van der Waals surface area (Å²) in [6.07, 6.45) is 2.08. The number of carbonyl (C=O) groups is 2. The van der Waals surface area contributed by atoms with Crippen molar-refractivity contribution in [1.29, 1.82) is 0 Å². The van der Waals surface area contributed by atoms with Gasteiger partial charge in [-0.25, -0.2) is 0 Å². The zero-order valence-electron chi connectivity index (χ0n) is 14.4. The first-order valence-electron chi connectivity index (χ1n) is 8.71. The van der Waals surface area contributed by atoms with E-state index in [-0.39, 0.29) is 11.8 Å². The number of carbonyl (C=O) groups excluding carboxylic acids is 2. The predicted octanol–water partition coefficient (Wildman–Crippen LogP) is 1.68. The van der Waals surface area contributed by atoms with Gasteiger partial charge in [-0.05, 0) is 43.3 Å². The first-order valence-corrected chi connectivity index (χ1v) is 9.59. The highest BCUT2D eigenvalue weighted by Gasteiger charge is 2.25. The molecule has 1 aliphatic rings. The molecule has 1 aliphatic carbocycles. The molecule has 0 bridgehead atoms. The van der Waals surface area contributed by atoms with Crippen molar-refractivity contribution in [3.05, 3.63) is 52.2 Å². The van der Waals surface area contributed by atoms with Crippen molar-refractivity contribution in [2.75, 3.05) is 18.4 Å². The van der Waals surface area contributed by atoms with Gasteiger partial charge in [0.25, 0.3) is 11.8 Å². The second kappa shape index (κ2) is 8.27. The molecule has 0 spiro atoms. The molecule has 1 aromatic heterocycles. The van der Waals surface area contributed by atoms with Gasteiger partial charge < -0.3 is 15.5 Å². The lowest BCUT2D eigenvalue weighted by atomic mass is 10.1. The Labute approximate surface area is 152 Å². The summed E-state index contributed by atoms with van der Waals surface area (Å²) in [4.78, 5) is 27.2. The number of hydrogen-bond acceptors (Lipinski definition) is 3. The third-order valence-corrected chi connectivity index (χ3v) is 5.15. The Morgan fingerprint density at radius 3 is 2.68 bits per heavy atom. The van der Waals surface area contributed by atoms with E-state index in [2.05, 4.69) is 29.0 Å². The normalized spacial score (nSPS) is 14.8. The van der Waals surface area contributed by atoms with Crippen LogP contribution in [0.25, 0.3) is 0 Å². The van der Waals surface area contributed by atoms with Gasteiger partial charge in [0.1, 0.15) is 6.54 Å². The third kappa shape index (κ3) is 5.14. The third-order valence-electron chi connectivity index (χ3n) is 4.27. The van der Waals surface area contributed by atoms with E-state index in [0.717, 1.165) is 25.9 Å². The van der Waals surface area contributed by atoms with E-state index in [9.17, 15) is 9.59 Å². The van der Waals surface area contributed by atoms with Gasteiger partial charge in [0.15, 0.2) is 6.54 Å². The number of benzene rings is 1. The van der Waals surface area contributed by atoms with Crippen LogP contribution in [0.5, 0.6) is 0 Å². The summed E-state index contributed by atoms with van der Waals surface area (Å²) in [6.45, 7) is 4.17. The van der Waals surface area contributed by atoms with Crippen LogP contribution >= 0.6 is 11.3 Å². The molecule has 3 N–H and O–H groups in total. The van der Waals surface area contributed by atoms with Crippen LogP contribution in [0.2, 0.25) is 0 Å². The minimum absolute atomic E-state index is 0.0694. The van der Waals surface area contributed by atoms with Gasteiger partial charge in [-0.1, -0.05) is 18.2 Å². The predicted molar refractivity (Wildman–Crippen MR) is 100.0 cm³/mol. The molecule has 6 heteroatoms. The number of para-hydroxylation sites is 1. The van der Waals surface area contributed by atoms with Crippen LogP contribution < -0.4 is 15.5 Å². The van der Waals surface area contributed by atoms with E-state index in [1.807, 2.05) is 18.2 Å². The van der Waals surface area contributed by atoms with Crippen LogP contribution in [0.4, 0.5) is 5.69 Å². The molecule has 1 heterocycles. The maximum Gasteiger partial charge on any atom is 0.279 e. The van der Waals surface area contributed by atoms with Gasteiger partial charge >= 0.3 is 0 Å². The lowest BCUT2D eigenvalue weighted by Crippen LogP contribution is -3.11. The fourth-order valence-corrected chi connectivity index (χ4v) is 3.45. The fourth-order valence-electron chi connectivity index (χ4n) is 2.67. The van der Waals surface area contributed by atoms with Gasteiger partial charge in [-0.3, -0.25) is 9.59 Å². The van der Waals surface area contributed by atoms with E-state index >= 15 is 0 Å². The van der Waals surface area contributed by atoms with Gasteiger partial charge in [-0.15, -0.1) is 11.3 Å². The Kier molecular flexibility index (Phi) is 5.83. The van der Waals surface area contributed by atoms with Gasteiger partial charge in [0.2, 0.25) is 0 Å². The summed E-state index contributed by atoms with van der Waals surface area (Å²) in [5, 5.41) is 7.94. The number of hydrogen-bond donors (Lipinski definition) is 3. The number of likely N-dealkylation sites (N-methyl/N-ethyl adjacent to an activating group) is 1. The smallest absolute Gasteiger partial charge is 0.279 e. The second-order valence-electron chi connectivity index (χ2n) is 6.38. The summed E-state index contributed by atoms with van der Waals surface area (Å²) in [6, 6.07) is 11.6. The van der Waals surface area contributed by atoms with Crippen molar-refractivity contribution in [3.63, 3.8) is 0 Å². The fraction of sp³-hybridized carbons (Fsp3) is 0.368. The Balaban J connectivity index is 1.60. The quantitative estimate of drug-likeness (QED) is 0.672. The summed E-state index contributed by atoms with van der Waals surface area (Å²) in [5.41, 5.74) is 1.11. The SMILES string of the molecule is CC[NH+](CC(=O)Nc1ccccc1C(=O)NC1CC1)Cc1cccs1. The molecule has 0 saturated heterocycles. The standard InChI is InChI=1S/C19H23N3O2S/c1-2-22(12-15-6-5-11-25-15)13-18(23)21-17-8-4-3-7-16(17)19(24)20-14-9-10-14/h3-8,11,14H,2,9-10,12-13H2,1H3,(H,20,24)(H,21,23)/p+1. The first-order chi connectivity index (χ1) is 12.2. The average Bonchev–Trinajstić information content (AvgIpc) is 3.27. The molecule has 2 aromatic rings. The Morgan fingerprint density at radius 2 is 2.00 bits per heavy atom. The van der Waals surface area contributed by atoms with Gasteiger partial charge in [-0.2, -0.15) is 0 Å². The van der Waals surface area contributed by atoms with E-state index in [1.54, 1.807) is 23.5 Å². The molecule has 25 heavy (non-hydrogen) atoms. The highest BCUT2D eigenvalue weighted by Crippen LogP contribution is 2.21. The molecule has 0 aliphatic heterocycles. The summed E-state index contributed by atoms with van der Waals surface area (Å²) >= 11 is 1.71.